The topological polar surface area (TPSA) is 34.1 Å². The van der Waals surface area contributed by atoms with Crippen LogP contribution >= 0.6 is 0 Å². The lowest BCUT2D eigenvalue weighted by Crippen LogP contribution is -2.07. The molecule has 0 heterocycles. The molecule has 0 bridgehead atoms. The minimum Gasteiger partial charge on any atom is -0.195 e. The van der Waals surface area contributed by atoms with E-state index in [1.807, 2.05) is 31.2 Å². The van der Waals surface area contributed by atoms with Crippen LogP contribution in [0.2, 0.25) is 0 Å². The molecule has 0 N–H and O–H groups in total. The molecule has 1 unspecified atom stereocenters. The summed E-state index contributed by atoms with van der Waals surface area (Å²) in [6.45, 7) is 3.64. The lowest BCUT2D eigenvalue weighted by atomic mass is 10.0. The van der Waals surface area contributed by atoms with Gasteiger partial charge in [0.25, 0.3) is 0 Å². The Hall–Kier alpha value is -0.900. The van der Waals surface area contributed by atoms with Crippen molar-refractivity contribution in [2.24, 2.45) is 0 Å². The van der Waals surface area contributed by atoms with Crippen molar-refractivity contribution in [3.63, 3.8) is 0 Å². The van der Waals surface area contributed by atoms with E-state index in [2.05, 4.69) is 0 Å². The molecule has 1 atom stereocenters. The van der Waals surface area contributed by atoms with Crippen LogP contribution in [0.4, 0.5) is 3.89 Å². The maximum absolute atomic E-state index is 12.4. The second-order valence-corrected chi connectivity index (χ2v) is 4.93. The Kier molecular flexibility index (Phi) is 3.26. The van der Waals surface area contributed by atoms with Gasteiger partial charge < -0.3 is 0 Å². The Morgan fingerprint density at radius 2 is 1.79 bits per heavy atom. The summed E-state index contributed by atoms with van der Waals surface area (Å²) in [5.74, 6) is -0.749. The van der Waals surface area contributed by atoms with E-state index in [-0.39, 0.29) is 5.92 Å². The van der Waals surface area contributed by atoms with Gasteiger partial charge in [-0.05, 0) is 18.4 Å². The molecule has 14 heavy (non-hydrogen) atoms. The zero-order valence-corrected chi connectivity index (χ0v) is 9.01. The van der Waals surface area contributed by atoms with Gasteiger partial charge in [-0.1, -0.05) is 36.8 Å². The van der Waals surface area contributed by atoms with Crippen molar-refractivity contribution in [3.8, 4) is 0 Å². The summed E-state index contributed by atoms with van der Waals surface area (Å²) in [5.41, 5.74) is 1.95. The molecule has 0 aliphatic rings. The monoisotopic (exact) mass is 216 g/mol. The lowest BCUT2D eigenvalue weighted by molar-refractivity contribution is 0.546. The SMILES string of the molecule is Cc1ccc(C(C)CS(=O)(=O)F)cc1. The first-order valence-corrected chi connectivity index (χ1v) is 5.92. The number of hydrogen-bond donors (Lipinski definition) is 0. The highest BCUT2D eigenvalue weighted by Crippen LogP contribution is 2.18. The summed E-state index contributed by atoms with van der Waals surface area (Å²) in [6, 6.07) is 7.42. The van der Waals surface area contributed by atoms with Gasteiger partial charge in [-0.3, -0.25) is 0 Å². The summed E-state index contributed by atoms with van der Waals surface area (Å²) in [6.07, 6.45) is 0. The first kappa shape index (κ1) is 11.2. The molecule has 2 nitrogen and oxygen atoms in total. The quantitative estimate of drug-likeness (QED) is 0.727. The molecule has 0 spiro atoms. The average Bonchev–Trinajstić information content (AvgIpc) is 2.02. The van der Waals surface area contributed by atoms with E-state index in [1.165, 1.54) is 0 Å². The lowest BCUT2D eigenvalue weighted by Gasteiger charge is -2.08. The molecule has 4 heteroatoms. The molecule has 0 aliphatic heterocycles. The number of aryl methyl sites for hydroxylation is 1. The van der Waals surface area contributed by atoms with E-state index in [4.69, 9.17) is 0 Å². The molecular weight excluding hydrogens is 203 g/mol. The molecule has 0 amide bonds. The van der Waals surface area contributed by atoms with E-state index in [0.29, 0.717) is 0 Å². The highest BCUT2D eigenvalue weighted by molar-refractivity contribution is 7.86. The molecule has 1 rings (SSSR count). The molecule has 0 aliphatic carbocycles. The fourth-order valence-electron chi connectivity index (χ4n) is 1.29. The van der Waals surface area contributed by atoms with Crippen molar-refractivity contribution >= 4 is 10.2 Å². The smallest absolute Gasteiger partial charge is 0.195 e. The Labute approximate surface area is 84.0 Å². The van der Waals surface area contributed by atoms with E-state index < -0.39 is 16.0 Å². The third kappa shape index (κ3) is 3.46. The zero-order chi connectivity index (χ0) is 10.8. The van der Waals surface area contributed by atoms with Gasteiger partial charge in [0.2, 0.25) is 0 Å². The van der Waals surface area contributed by atoms with Gasteiger partial charge in [-0.2, -0.15) is 8.42 Å². The molecule has 1 aromatic carbocycles. The fraction of sp³-hybridized carbons (Fsp3) is 0.400. The van der Waals surface area contributed by atoms with Crippen LogP contribution in [-0.4, -0.2) is 14.2 Å². The summed E-state index contributed by atoms with van der Waals surface area (Å²) in [4.78, 5) is 0. The predicted molar refractivity (Wildman–Crippen MR) is 54.5 cm³/mol. The van der Waals surface area contributed by atoms with Crippen LogP contribution < -0.4 is 0 Å². The number of halogens is 1. The average molecular weight is 216 g/mol. The van der Waals surface area contributed by atoms with Gasteiger partial charge in [0.1, 0.15) is 0 Å². The van der Waals surface area contributed by atoms with Gasteiger partial charge in [-0.25, -0.2) is 0 Å². The number of hydrogen-bond acceptors (Lipinski definition) is 2. The standard InChI is InChI=1S/C10H13FO2S/c1-8-3-5-10(6-4-8)9(2)7-14(11,12)13/h3-6,9H,7H2,1-2H3. The van der Waals surface area contributed by atoms with E-state index >= 15 is 0 Å². The van der Waals surface area contributed by atoms with Crippen molar-refractivity contribution in [2.75, 3.05) is 5.75 Å². The van der Waals surface area contributed by atoms with Crippen LogP contribution in [0.1, 0.15) is 24.0 Å². The van der Waals surface area contributed by atoms with Gasteiger partial charge in [0, 0.05) is 0 Å². The van der Waals surface area contributed by atoms with E-state index in [1.54, 1.807) is 6.92 Å². The summed E-state index contributed by atoms with van der Waals surface area (Å²) in [5, 5.41) is 0. The van der Waals surface area contributed by atoms with Gasteiger partial charge >= 0.3 is 10.2 Å². The van der Waals surface area contributed by atoms with Gasteiger partial charge in [-0.15, -0.1) is 3.89 Å². The van der Waals surface area contributed by atoms with Crippen molar-refractivity contribution in [3.05, 3.63) is 35.4 Å². The number of rotatable bonds is 3. The zero-order valence-electron chi connectivity index (χ0n) is 8.20. The summed E-state index contributed by atoms with van der Waals surface area (Å²) in [7, 11) is -4.38. The Morgan fingerprint density at radius 1 is 1.29 bits per heavy atom. The molecule has 0 radical (unpaired) electrons. The largest absolute Gasteiger partial charge is 0.303 e. The maximum atomic E-state index is 12.4. The van der Waals surface area contributed by atoms with E-state index in [9.17, 15) is 12.3 Å². The third-order valence-corrected chi connectivity index (χ3v) is 2.99. The second kappa shape index (κ2) is 4.09. The third-order valence-electron chi connectivity index (χ3n) is 2.10. The van der Waals surface area contributed by atoms with Crippen LogP contribution in [0.15, 0.2) is 24.3 Å². The van der Waals surface area contributed by atoms with Crippen molar-refractivity contribution in [1.82, 2.24) is 0 Å². The molecule has 78 valence electrons. The fourth-order valence-corrected chi connectivity index (χ4v) is 2.08. The Bertz CT molecular complexity index is 395. The highest BCUT2D eigenvalue weighted by atomic mass is 32.3. The predicted octanol–water partition coefficient (Wildman–Crippen LogP) is 2.40. The van der Waals surface area contributed by atoms with Gasteiger partial charge in [0.15, 0.2) is 0 Å². The maximum Gasteiger partial charge on any atom is 0.303 e. The normalized spacial score (nSPS) is 13.9. The summed E-state index contributed by atoms with van der Waals surface area (Å²) < 4.78 is 33.2. The van der Waals surface area contributed by atoms with Crippen LogP contribution in [0.3, 0.4) is 0 Å². The van der Waals surface area contributed by atoms with E-state index in [0.717, 1.165) is 11.1 Å². The molecule has 1 aromatic rings. The van der Waals surface area contributed by atoms with Crippen LogP contribution in [0.5, 0.6) is 0 Å². The molecule has 0 aromatic heterocycles. The first-order chi connectivity index (χ1) is 6.38. The molecule has 0 saturated carbocycles. The first-order valence-electron chi connectivity index (χ1n) is 4.37. The van der Waals surface area contributed by atoms with Crippen molar-refractivity contribution < 1.29 is 12.3 Å². The van der Waals surface area contributed by atoms with Crippen LogP contribution in [0.25, 0.3) is 0 Å². The molecular formula is C10H13FO2S. The second-order valence-electron chi connectivity index (χ2n) is 3.52. The van der Waals surface area contributed by atoms with Crippen LogP contribution in [0, 0.1) is 6.92 Å². The van der Waals surface area contributed by atoms with Crippen molar-refractivity contribution in [1.29, 1.82) is 0 Å². The molecule has 0 fully saturated rings. The molecule has 0 saturated heterocycles. The Balaban J connectivity index is 2.80. The summed E-state index contributed by atoms with van der Waals surface area (Å²) >= 11 is 0. The highest BCUT2D eigenvalue weighted by Gasteiger charge is 2.15. The Morgan fingerprint density at radius 3 is 2.21 bits per heavy atom. The van der Waals surface area contributed by atoms with Gasteiger partial charge in [0.05, 0.1) is 5.75 Å². The minimum atomic E-state index is -4.38. The minimum absolute atomic E-state index is 0.300. The van der Waals surface area contributed by atoms with Crippen molar-refractivity contribution in [2.45, 2.75) is 19.8 Å². The number of benzene rings is 1. The van der Waals surface area contributed by atoms with Crippen LogP contribution in [-0.2, 0) is 10.2 Å².